The molecule has 134 valence electrons. The van der Waals surface area contributed by atoms with Crippen LogP contribution in [-0.2, 0) is 24.0 Å². The minimum atomic E-state index is -4.54. The zero-order chi connectivity index (χ0) is 18.6. The van der Waals surface area contributed by atoms with Crippen molar-refractivity contribution in [1.29, 1.82) is 0 Å². The van der Waals surface area contributed by atoms with Crippen molar-refractivity contribution in [3.63, 3.8) is 0 Å². The Morgan fingerprint density at radius 1 is 1.28 bits per heavy atom. The molecule has 0 fully saturated rings. The van der Waals surface area contributed by atoms with Gasteiger partial charge in [0.2, 0.25) is 0 Å². The number of halogens is 4. The molecule has 2 rings (SSSR count). The predicted octanol–water partition coefficient (Wildman–Crippen LogP) is 3.34. The Morgan fingerprint density at radius 3 is 2.52 bits per heavy atom. The number of alkyl halides is 4. The maximum absolute atomic E-state index is 12.7. The van der Waals surface area contributed by atoms with Crippen LogP contribution in [0.4, 0.5) is 23.4 Å². The fraction of sp³-hybridized carbons (Fsp3) is 0.267. The van der Waals surface area contributed by atoms with E-state index in [-0.39, 0.29) is 27.7 Å². The van der Waals surface area contributed by atoms with Gasteiger partial charge in [-0.05, 0) is 30.2 Å². The lowest BCUT2D eigenvalue weighted by molar-refractivity contribution is -0.137. The number of nitrogens with zero attached hydrogens (tertiary/aromatic N) is 2. The van der Waals surface area contributed by atoms with Crippen LogP contribution < -0.4 is 5.32 Å². The van der Waals surface area contributed by atoms with Crippen LogP contribution in [0.15, 0.2) is 35.5 Å². The minimum absolute atomic E-state index is 0.0575. The number of hydrogen-bond donors (Lipinski definition) is 1. The predicted molar refractivity (Wildman–Crippen MR) is 83.2 cm³/mol. The van der Waals surface area contributed by atoms with Crippen molar-refractivity contribution in [1.82, 2.24) is 9.97 Å². The highest BCUT2D eigenvalue weighted by molar-refractivity contribution is 7.91. The summed E-state index contributed by atoms with van der Waals surface area (Å²) in [5.41, 5.74) is -0.983. The summed E-state index contributed by atoms with van der Waals surface area (Å²) in [6.07, 6.45) is -2.82. The quantitative estimate of drug-likeness (QED) is 0.642. The highest BCUT2D eigenvalue weighted by Crippen LogP contribution is 2.29. The lowest BCUT2D eigenvalue weighted by Gasteiger charge is -2.13. The minimum Gasteiger partial charge on any atom is -0.611 e. The van der Waals surface area contributed by atoms with Crippen molar-refractivity contribution in [3.05, 3.63) is 47.4 Å². The number of hydrogen-bond acceptors (Lipinski definition) is 4. The van der Waals surface area contributed by atoms with Gasteiger partial charge in [-0.15, -0.1) is 0 Å². The molecule has 0 aliphatic heterocycles. The molecule has 1 N–H and O–H groups in total. The molecule has 0 aliphatic carbocycles. The number of pyridine rings is 2. The highest BCUT2D eigenvalue weighted by Gasteiger charge is 2.31. The molecule has 0 spiro atoms. The molecular formula is C15H13F4N3O2S. The second-order valence-electron chi connectivity index (χ2n) is 4.84. The van der Waals surface area contributed by atoms with Gasteiger partial charge in [0.15, 0.2) is 10.6 Å². The molecule has 1 amide bonds. The van der Waals surface area contributed by atoms with Crippen molar-refractivity contribution >= 4 is 22.9 Å². The summed E-state index contributed by atoms with van der Waals surface area (Å²) in [4.78, 5) is 19.7. The Bertz CT molecular complexity index is 753. The summed E-state index contributed by atoms with van der Waals surface area (Å²) >= 11 is -1.57. The first-order valence-electron chi connectivity index (χ1n) is 7.04. The van der Waals surface area contributed by atoms with Crippen LogP contribution in [0.3, 0.4) is 0 Å². The van der Waals surface area contributed by atoms with Gasteiger partial charge >= 0.3 is 6.18 Å². The summed E-state index contributed by atoms with van der Waals surface area (Å²) in [6.45, 7) is 0.792. The summed E-state index contributed by atoms with van der Waals surface area (Å²) in [7, 11) is 0. The SMILES string of the molecule is CC[S+]([O-])c1cc(CF)cnc1C(=O)Nc1ccc(C(F)(F)F)cn1. The Balaban J connectivity index is 2.26. The van der Waals surface area contributed by atoms with Gasteiger partial charge in [-0.2, -0.15) is 13.2 Å². The summed E-state index contributed by atoms with van der Waals surface area (Å²) in [5, 5.41) is 2.29. The topological polar surface area (TPSA) is 77.9 Å². The van der Waals surface area contributed by atoms with Crippen LogP contribution in [0.2, 0.25) is 0 Å². The monoisotopic (exact) mass is 375 g/mol. The average Bonchev–Trinajstić information content (AvgIpc) is 2.60. The highest BCUT2D eigenvalue weighted by atomic mass is 32.2. The second-order valence-corrected chi connectivity index (χ2v) is 6.55. The standard InChI is InChI=1S/C15H13F4N3O2S/c1-2-25(24)11-5-9(6-16)7-21-13(11)14(23)22-12-4-3-10(8-20-12)15(17,18)19/h3-5,7-8H,2,6H2,1H3,(H,20,22,23). The summed E-state index contributed by atoms with van der Waals surface area (Å²) in [5.74, 6) is -0.729. The number of anilines is 1. The molecule has 0 aromatic carbocycles. The van der Waals surface area contributed by atoms with Crippen LogP contribution in [-0.4, -0.2) is 26.2 Å². The van der Waals surface area contributed by atoms with Crippen molar-refractivity contribution in [2.75, 3.05) is 11.1 Å². The molecule has 2 heterocycles. The molecule has 0 saturated heterocycles. The molecule has 2 aromatic rings. The van der Waals surface area contributed by atoms with E-state index < -0.39 is 35.5 Å². The van der Waals surface area contributed by atoms with Crippen LogP contribution in [0.5, 0.6) is 0 Å². The molecule has 5 nitrogen and oxygen atoms in total. The van der Waals surface area contributed by atoms with Gasteiger partial charge in [0.05, 0.1) is 5.56 Å². The Morgan fingerprint density at radius 2 is 2.00 bits per heavy atom. The number of carbonyl (C=O) groups excluding carboxylic acids is 1. The van der Waals surface area contributed by atoms with Gasteiger partial charge in [-0.25, -0.2) is 14.4 Å². The lowest BCUT2D eigenvalue weighted by Crippen LogP contribution is -2.20. The summed E-state index contributed by atoms with van der Waals surface area (Å²) < 4.78 is 62.3. The first-order valence-corrected chi connectivity index (χ1v) is 8.36. The largest absolute Gasteiger partial charge is 0.611 e. The molecule has 0 saturated carbocycles. The van der Waals surface area contributed by atoms with Crippen LogP contribution >= 0.6 is 0 Å². The van der Waals surface area contributed by atoms with Crippen molar-refractivity contribution < 1.29 is 26.9 Å². The third kappa shape index (κ3) is 4.67. The smallest absolute Gasteiger partial charge is 0.417 e. The van der Waals surface area contributed by atoms with E-state index in [0.717, 1.165) is 18.3 Å². The van der Waals surface area contributed by atoms with Gasteiger partial charge < -0.3 is 9.87 Å². The van der Waals surface area contributed by atoms with E-state index in [4.69, 9.17) is 0 Å². The van der Waals surface area contributed by atoms with Gasteiger partial charge in [0, 0.05) is 24.0 Å². The Hall–Kier alpha value is -2.20. The number of nitrogens with one attached hydrogen (secondary N) is 1. The van der Waals surface area contributed by atoms with Gasteiger partial charge in [-0.3, -0.25) is 4.79 Å². The third-order valence-electron chi connectivity index (χ3n) is 3.12. The van der Waals surface area contributed by atoms with Gasteiger partial charge in [-0.1, -0.05) is 0 Å². The number of amides is 1. The van der Waals surface area contributed by atoms with E-state index >= 15 is 0 Å². The van der Waals surface area contributed by atoms with Crippen LogP contribution in [0.25, 0.3) is 0 Å². The fourth-order valence-electron chi connectivity index (χ4n) is 1.87. The molecule has 1 unspecified atom stereocenters. The molecule has 25 heavy (non-hydrogen) atoms. The van der Waals surface area contributed by atoms with E-state index in [0.29, 0.717) is 6.20 Å². The van der Waals surface area contributed by atoms with E-state index in [1.807, 2.05) is 0 Å². The molecule has 10 heteroatoms. The second kappa shape index (κ2) is 7.79. The Kier molecular flexibility index (Phi) is 5.96. The third-order valence-corrected chi connectivity index (χ3v) is 4.44. The van der Waals surface area contributed by atoms with Crippen molar-refractivity contribution in [2.24, 2.45) is 0 Å². The van der Waals surface area contributed by atoms with Crippen LogP contribution in [0.1, 0.15) is 28.5 Å². The average molecular weight is 375 g/mol. The normalized spacial score (nSPS) is 12.7. The van der Waals surface area contributed by atoms with E-state index in [1.165, 1.54) is 6.07 Å². The zero-order valence-corrected chi connectivity index (χ0v) is 13.7. The summed E-state index contributed by atoms with van der Waals surface area (Å²) in [6, 6.07) is 3.04. The van der Waals surface area contributed by atoms with Gasteiger partial charge in [0.25, 0.3) is 5.91 Å². The number of aromatic nitrogens is 2. The van der Waals surface area contributed by atoms with Crippen molar-refractivity contribution in [2.45, 2.75) is 24.7 Å². The molecule has 0 aliphatic rings. The first kappa shape index (κ1) is 19.1. The number of carbonyl (C=O) groups is 1. The van der Waals surface area contributed by atoms with Crippen LogP contribution in [0, 0.1) is 0 Å². The maximum Gasteiger partial charge on any atom is 0.417 e. The zero-order valence-electron chi connectivity index (χ0n) is 12.9. The maximum atomic E-state index is 12.7. The molecule has 1 atom stereocenters. The molecular weight excluding hydrogens is 362 g/mol. The molecule has 2 aromatic heterocycles. The Labute approximate surface area is 143 Å². The fourth-order valence-corrected chi connectivity index (χ4v) is 2.82. The van der Waals surface area contributed by atoms with Gasteiger partial charge in [0.1, 0.15) is 18.2 Å². The van der Waals surface area contributed by atoms with E-state index in [9.17, 15) is 26.9 Å². The molecule has 0 bridgehead atoms. The first-order chi connectivity index (χ1) is 11.8. The lowest BCUT2D eigenvalue weighted by atomic mass is 10.2. The van der Waals surface area contributed by atoms with Crippen molar-refractivity contribution in [3.8, 4) is 0 Å². The number of rotatable bonds is 5. The van der Waals surface area contributed by atoms with E-state index in [1.54, 1.807) is 6.92 Å². The molecule has 0 radical (unpaired) electrons. The van der Waals surface area contributed by atoms with E-state index in [2.05, 4.69) is 15.3 Å².